The molecule has 2 heterocycles. The van der Waals surface area contributed by atoms with Gasteiger partial charge in [0, 0.05) is 28.8 Å². The van der Waals surface area contributed by atoms with Gasteiger partial charge in [-0.1, -0.05) is 18.2 Å². The molecule has 0 saturated heterocycles. The second-order valence-corrected chi connectivity index (χ2v) is 7.06. The Labute approximate surface area is 137 Å². The van der Waals surface area contributed by atoms with Crippen LogP contribution in [-0.2, 0) is 10.0 Å². The first-order valence-corrected chi connectivity index (χ1v) is 8.73. The highest BCUT2D eigenvalue weighted by atomic mass is 32.2. The Morgan fingerprint density at radius 3 is 2.62 bits per heavy atom. The lowest BCUT2D eigenvalue weighted by Crippen LogP contribution is -2.21. The molecule has 0 amide bonds. The van der Waals surface area contributed by atoms with Crippen LogP contribution in [0.3, 0.4) is 0 Å². The van der Waals surface area contributed by atoms with Crippen molar-refractivity contribution in [3.8, 4) is 0 Å². The zero-order chi connectivity index (χ0) is 16.7. The number of pyridine rings is 1. The van der Waals surface area contributed by atoms with Crippen molar-refractivity contribution < 1.29 is 8.42 Å². The van der Waals surface area contributed by atoms with E-state index in [9.17, 15) is 13.2 Å². The third-order valence-corrected chi connectivity index (χ3v) is 5.24. The monoisotopic (exact) mass is 339 g/mol. The van der Waals surface area contributed by atoms with Gasteiger partial charge in [0.05, 0.1) is 5.69 Å². The number of nitrogens with one attached hydrogen (secondary N) is 3. The molecule has 4 aromatic rings. The van der Waals surface area contributed by atoms with Crippen molar-refractivity contribution in [1.82, 2.24) is 9.97 Å². The maximum atomic E-state index is 12.6. The van der Waals surface area contributed by atoms with E-state index in [0.717, 1.165) is 10.9 Å². The molecule has 120 valence electrons. The predicted molar refractivity (Wildman–Crippen MR) is 93.7 cm³/mol. The van der Waals surface area contributed by atoms with Gasteiger partial charge in [-0.25, -0.2) is 8.42 Å². The number of benzene rings is 2. The van der Waals surface area contributed by atoms with Crippen molar-refractivity contribution in [2.45, 2.75) is 4.90 Å². The standard InChI is InChI=1S/C17H13N3O3S/c21-17-13-3-1-2-4-14(13)19-10-16(17)24(22,23)20-12-6-5-11-7-8-18-15(11)9-12/h1-10,18,20H,(H,19,21). The average Bonchev–Trinajstić information content (AvgIpc) is 3.02. The molecule has 0 atom stereocenters. The van der Waals surface area contributed by atoms with E-state index in [1.54, 1.807) is 48.7 Å². The fraction of sp³-hybridized carbons (Fsp3) is 0. The van der Waals surface area contributed by atoms with Gasteiger partial charge in [0.15, 0.2) is 4.90 Å². The molecule has 24 heavy (non-hydrogen) atoms. The van der Waals surface area contributed by atoms with E-state index in [-0.39, 0.29) is 4.90 Å². The Hall–Kier alpha value is -3.06. The number of aromatic nitrogens is 2. The average molecular weight is 339 g/mol. The predicted octanol–water partition coefficient (Wildman–Crippen LogP) is 2.81. The minimum Gasteiger partial charge on any atom is -0.361 e. The van der Waals surface area contributed by atoms with Crippen molar-refractivity contribution in [2.24, 2.45) is 0 Å². The van der Waals surface area contributed by atoms with E-state index >= 15 is 0 Å². The number of rotatable bonds is 3. The van der Waals surface area contributed by atoms with Crippen LogP contribution in [-0.4, -0.2) is 18.4 Å². The second kappa shape index (κ2) is 5.24. The number of fused-ring (bicyclic) bond motifs is 2. The second-order valence-electron chi connectivity index (χ2n) is 5.41. The molecule has 2 aromatic heterocycles. The summed E-state index contributed by atoms with van der Waals surface area (Å²) in [5.41, 5.74) is 1.26. The quantitative estimate of drug-likeness (QED) is 0.535. The molecule has 0 unspecified atom stereocenters. The van der Waals surface area contributed by atoms with E-state index < -0.39 is 15.5 Å². The summed E-state index contributed by atoms with van der Waals surface area (Å²) in [5, 5.41) is 1.31. The first kappa shape index (κ1) is 14.5. The molecule has 3 N–H and O–H groups in total. The van der Waals surface area contributed by atoms with E-state index in [2.05, 4.69) is 14.7 Å². The lowest BCUT2D eigenvalue weighted by atomic mass is 10.2. The van der Waals surface area contributed by atoms with Gasteiger partial charge in [-0.05, 0) is 35.7 Å². The molecule has 0 radical (unpaired) electrons. The molecule has 4 rings (SSSR count). The summed E-state index contributed by atoms with van der Waals surface area (Å²) >= 11 is 0. The van der Waals surface area contributed by atoms with Gasteiger partial charge in [-0.3, -0.25) is 9.52 Å². The van der Waals surface area contributed by atoms with Gasteiger partial charge in [-0.15, -0.1) is 0 Å². The third-order valence-electron chi connectivity index (χ3n) is 3.85. The summed E-state index contributed by atoms with van der Waals surface area (Å²) in [6, 6.07) is 13.8. The minimum atomic E-state index is -3.99. The lowest BCUT2D eigenvalue weighted by Gasteiger charge is -2.08. The first-order valence-electron chi connectivity index (χ1n) is 7.25. The number of hydrogen-bond donors (Lipinski definition) is 3. The maximum Gasteiger partial charge on any atom is 0.267 e. The van der Waals surface area contributed by atoms with Crippen LogP contribution in [0.2, 0.25) is 0 Å². The summed E-state index contributed by atoms with van der Waals surface area (Å²) in [5.74, 6) is 0. The highest BCUT2D eigenvalue weighted by molar-refractivity contribution is 7.92. The molecule has 0 aliphatic heterocycles. The topological polar surface area (TPSA) is 94.8 Å². The van der Waals surface area contributed by atoms with Crippen molar-refractivity contribution in [3.05, 3.63) is 71.1 Å². The molecule has 0 bridgehead atoms. The van der Waals surface area contributed by atoms with Crippen LogP contribution in [0.5, 0.6) is 0 Å². The number of sulfonamides is 1. The number of H-pyrrole nitrogens is 2. The minimum absolute atomic E-state index is 0.312. The Morgan fingerprint density at radius 1 is 0.917 bits per heavy atom. The van der Waals surface area contributed by atoms with Crippen LogP contribution in [0.4, 0.5) is 5.69 Å². The van der Waals surface area contributed by atoms with Crippen LogP contribution >= 0.6 is 0 Å². The fourth-order valence-electron chi connectivity index (χ4n) is 2.67. The number of para-hydroxylation sites is 1. The molecular formula is C17H13N3O3S. The Kier molecular flexibility index (Phi) is 3.17. The maximum absolute atomic E-state index is 12.6. The van der Waals surface area contributed by atoms with E-state index in [1.807, 2.05) is 6.07 Å². The summed E-state index contributed by atoms with van der Waals surface area (Å²) in [7, 11) is -3.99. The van der Waals surface area contributed by atoms with Crippen molar-refractivity contribution in [1.29, 1.82) is 0 Å². The van der Waals surface area contributed by atoms with Crippen LogP contribution in [0.25, 0.3) is 21.8 Å². The van der Waals surface area contributed by atoms with Gasteiger partial charge in [0.1, 0.15) is 0 Å². The van der Waals surface area contributed by atoms with E-state index in [0.29, 0.717) is 16.6 Å². The number of aromatic amines is 2. The summed E-state index contributed by atoms with van der Waals surface area (Å²) in [4.78, 5) is 18.0. The zero-order valence-corrected chi connectivity index (χ0v) is 13.2. The molecule has 0 aliphatic rings. The summed E-state index contributed by atoms with van der Waals surface area (Å²) < 4.78 is 27.7. The smallest absolute Gasteiger partial charge is 0.267 e. The molecule has 0 saturated carbocycles. The number of anilines is 1. The van der Waals surface area contributed by atoms with Gasteiger partial charge in [-0.2, -0.15) is 0 Å². The third kappa shape index (κ3) is 2.35. The zero-order valence-electron chi connectivity index (χ0n) is 12.4. The summed E-state index contributed by atoms with van der Waals surface area (Å²) in [6.07, 6.45) is 3.00. The van der Waals surface area contributed by atoms with Crippen LogP contribution < -0.4 is 10.2 Å². The molecule has 6 nitrogen and oxygen atoms in total. The van der Waals surface area contributed by atoms with Crippen LogP contribution in [0.1, 0.15) is 0 Å². The van der Waals surface area contributed by atoms with Crippen LogP contribution in [0, 0.1) is 0 Å². The summed E-state index contributed by atoms with van der Waals surface area (Å²) in [6.45, 7) is 0. The largest absolute Gasteiger partial charge is 0.361 e. The van der Waals surface area contributed by atoms with Crippen molar-refractivity contribution in [2.75, 3.05) is 4.72 Å². The van der Waals surface area contributed by atoms with Crippen molar-refractivity contribution in [3.63, 3.8) is 0 Å². The van der Waals surface area contributed by atoms with Crippen molar-refractivity contribution >= 4 is 37.5 Å². The Morgan fingerprint density at radius 2 is 1.75 bits per heavy atom. The molecule has 0 spiro atoms. The fourth-order valence-corrected chi connectivity index (χ4v) is 3.78. The lowest BCUT2D eigenvalue weighted by molar-refractivity contribution is 0.600. The van der Waals surface area contributed by atoms with Gasteiger partial charge in [0.25, 0.3) is 10.0 Å². The van der Waals surface area contributed by atoms with Gasteiger partial charge in [0.2, 0.25) is 5.43 Å². The highest BCUT2D eigenvalue weighted by Gasteiger charge is 2.20. The number of hydrogen-bond acceptors (Lipinski definition) is 3. The molecule has 0 aliphatic carbocycles. The SMILES string of the molecule is O=c1c(S(=O)(=O)Nc2ccc3cc[nH]c3c2)c[nH]c2ccccc12. The molecular weight excluding hydrogens is 326 g/mol. The van der Waals surface area contributed by atoms with Gasteiger partial charge < -0.3 is 9.97 Å². The van der Waals surface area contributed by atoms with Crippen LogP contribution in [0.15, 0.2) is 70.6 Å². The normalized spacial score (nSPS) is 11.8. The van der Waals surface area contributed by atoms with E-state index in [4.69, 9.17) is 0 Å². The first-order chi connectivity index (χ1) is 11.5. The molecule has 2 aromatic carbocycles. The van der Waals surface area contributed by atoms with Gasteiger partial charge >= 0.3 is 0 Å². The molecule has 7 heteroatoms. The van der Waals surface area contributed by atoms with E-state index in [1.165, 1.54) is 6.20 Å². The highest BCUT2D eigenvalue weighted by Crippen LogP contribution is 2.20. The Bertz CT molecular complexity index is 1220. The molecule has 0 fully saturated rings. The Balaban J connectivity index is 1.79.